The van der Waals surface area contributed by atoms with Crippen LogP contribution in [0.1, 0.15) is 0 Å². The van der Waals surface area contributed by atoms with E-state index < -0.39 is 5.95 Å². The molecule has 3 nitrogen and oxygen atoms in total. The smallest absolute Gasteiger partial charge is 0.181 e. The first-order chi connectivity index (χ1) is 5.86. The summed E-state index contributed by atoms with van der Waals surface area (Å²) in [7, 11) is 0. The van der Waals surface area contributed by atoms with Crippen LogP contribution in [0.15, 0.2) is 36.5 Å². The van der Waals surface area contributed by atoms with E-state index in [2.05, 4.69) is 10.2 Å². The first kappa shape index (κ1) is 6.97. The van der Waals surface area contributed by atoms with Crippen molar-refractivity contribution in [2.24, 2.45) is 0 Å². The molecule has 0 spiro atoms. The second-order valence-corrected chi connectivity index (χ2v) is 2.29. The number of aromatic nitrogens is 3. The number of halogens is 1. The molecule has 0 atom stereocenters. The van der Waals surface area contributed by atoms with Crippen molar-refractivity contribution >= 4 is 0 Å². The van der Waals surface area contributed by atoms with E-state index >= 15 is 0 Å². The lowest BCUT2D eigenvalue weighted by Gasteiger charge is -1.95. The normalized spacial score (nSPS) is 10.1. The van der Waals surface area contributed by atoms with Crippen LogP contribution in [-0.2, 0) is 0 Å². The zero-order valence-electron chi connectivity index (χ0n) is 6.18. The summed E-state index contributed by atoms with van der Waals surface area (Å²) in [6, 6.07) is 9.18. The SMILES string of the molecule is Fc1cnn(-c2ccccc2)n1. The van der Waals surface area contributed by atoms with Crippen LogP contribution in [0.5, 0.6) is 0 Å². The summed E-state index contributed by atoms with van der Waals surface area (Å²) < 4.78 is 12.4. The summed E-state index contributed by atoms with van der Waals surface area (Å²) in [6.45, 7) is 0. The van der Waals surface area contributed by atoms with Crippen molar-refractivity contribution in [1.82, 2.24) is 15.0 Å². The molecule has 0 aliphatic carbocycles. The van der Waals surface area contributed by atoms with Gasteiger partial charge in [0, 0.05) is 0 Å². The number of benzene rings is 1. The van der Waals surface area contributed by atoms with Gasteiger partial charge in [-0.1, -0.05) is 18.2 Å². The monoisotopic (exact) mass is 163 g/mol. The lowest BCUT2D eigenvalue weighted by Crippen LogP contribution is -1.97. The van der Waals surface area contributed by atoms with Gasteiger partial charge in [-0.3, -0.25) is 0 Å². The molecule has 0 aliphatic rings. The molecule has 2 aromatic rings. The van der Waals surface area contributed by atoms with E-state index in [1.807, 2.05) is 18.2 Å². The van der Waals surface area contributed by atoms with Crippen LogP contribution in [0.2, 0.25) is 0 Å². The summed E-state index contributed by atoms with van der Waals surface area (Å²) in [5.74, 6) is -0.571. The second-order valence-electron chi connectivity index (χ2n) is 2.29. The molecular formula is C8H6FN3. The Labute approximate surface area is 68.4 Å². The van der Waals surface area contributed by atoms with Crippen molar-refractivity contribution in [3.05, 3.63) is 42.5 Å². The van der Waals surface area contributed by atoms with Gasteiger partial charge in [-0.2, -0.15) is 9.49 Å². The zero-order chi connectivity index (χ0) is 8.39. The largest absolute Gasteiger partial charge is 0.253 e. The summed E-state index contributed by atoms with van der Waals surface area (Å²) in [5, 5.41) is 7.24. The topological polar surface area (TPSA) is 30.7 Å². The number of para-hydroxylation sites is 1. The summed E-state index contributed by atoms with van der Waals surface area (Å²) >= 11 is 0. The molecule has 0 saturated carbocycles. The maximum atomic E-state index is 12.4. The van der Waals surface area contributed by atoms with Gasteiger partial charge in [0.15, 0.2) is 0 Å². The van der Waals surface area contributed by atoms with Crippen LogP contribution in [0.4, 0.5) is 4.39 Å². The molecule has 2 rings (SSSR count). The molecule has 1 aromatic carbocycles. The first-order valence-electron chi connectivity index (χ1n) is 3.49. The first-order valence-corrected chi connectivity index (χ1v) is 3.49. The van der Waals surface area contributed by atoms with E-state index in [0.717, 1.165) is 11.9 Å². The Balaban J connectivity index is 2.45. The van der Waals surface area contributed by atoms with E-state index in [4.69, 9.17) is 0 Å². The van der Waals surface area contributed by atoms with E-state index in [-0.39, 0.29) is 0 Å². The Hall–Kier alpha value is -1.71. The standard InChI is InChI=1S/C8H6FN3/c9-8-6-10-12(11-8)7-4-2-1-3-5-7/h1-6H. The van der Waals surface area contributed by atoms with Crippen LogP contribution in [-0.4, -0.2) is 15.0 Å². The van der Waals surface area contributed by atoms with Crippen molar-refractivity contribution < 1.29 is 4.39 Å². The van der Waals surface area contributed by atoms with Crippen LogP contribution >= 0.6 is 0 Å². The molecule has 0 N–H and O–H groups in total. The fourth-order valence-corrected chi connectivity index (χ4v) is 0.930. The minimum absolute atomic E-state index is 0.571. The van der Waals surface area contributed by atoms with Gasteiger partial charge in [-0.05, 0) is 12.1 Å². The summed E-state index contributed by atoms with van der Waals surface area (Å²) in [5.41, 5.74) is 0.751. The minimum atomic E-state index is -0.571. The highest BCUT2D eigenvalue weighted by atomic mass is 19.1. The van der Waals surface area contributed by atoms with Crippen LogP contribution < -0.4 is 0 Å². The van der Waals surface area contributed by atoms with E-state index in [9.17, 15) is 4.39 Å². The molecule has 12 heavy (non-hydrogen) atoms. The quantitative estimate of drug-likeness (QED) is 0.636. The fraction of sp³-hybridized carbons (Fsp3) is 0. The van der Waals surface area contributed by atoms with E-state index in [1.165, 1.54) is 4.80 Å². The highest BCUT2D eigenvalue weighted by molar-refractivity contribution is 5.27. The fourth-order valence-electron chi connectivity index (χ4n) is 0.930. The van der Waals surface area contributed by atoms with Crippen molar-refractivity contribution in [3.63, 3.8) is 0 Å². The molecule has 0 amide bonds. The Bertz CT molecular complexity index is 369. The van der Waals surface area contributed by atoms with Gasteiger partial charge in [0.05, 0.1) is 5.69 Å². The molecule has 0 bridgehead atoms. The second kappa shape index (κ2) is 2.73. The average Bonchev–Trinajstić information content (AvgIpc) is 2.54. The molecule has 0 aliphatic heterocycles. The highest BCUT2D eigenvalue weighted by Gasteiger charge is 1.98. The van der Waals surface area contributed by atoms with Crippen molar-refractivity contribution in [2.45, 2.75) is 0 Å². The van der Waals surface area contributed by atoms with Gasteiger partial charge in [-0.25, -0.2) is 0 Å². The number of hydrogen-bond acceptors (Lipinski definition) is 2. The van der Waals surface area contributed by atoms with E-state index in [1.54, 1.807) is 12.1 Å². The van der Waals surface area contributed by atoms with Crippen LogP contribution in [0, 0.1) is 5.95 Å². The predicted molar refractivity (Wildman–Crippen MR) is 41.3 cm³/mol. The molecule has 0 radical (unpaired) electrons. The lowest BCUT2D eigenvalue weighted by atomic mass is 10.3. The minimum Gasteiger partial charge on any atom is -0.181 e. The van der Waals surface area contributed by atoms with Crippen LogP contribution in [0.3, 0.4) is 0 Å². The number of hydrogen-bond donors (Lipinski definition) is 0. The average molecular weight is 163 g/mol. The van der Waals surface area contributed by atoms with Crippen molar-refractivity contribution in [1.29, 1.82) is 0 Å². The van der Waals surface area contributed by atoms with Gasteiger partial charge < -0.3 is 0 Å². The molecule has 0 saturated heterocycles. The summed E-state index contributed by atoms with van der Waals surface area (Å²) in [4.78, 5) is 1.25. The third-order valence-corrected chi connectivity index (χ3v) is 1.45. The molecule has 1 heterocycles. The van der Waals surface area contributed by atoms with Crippen LogP contribution in [0.25, 0.3) is 5.69 Å². The Morgan fingerprint density at radius 2 is 1.92 bits per heavy atom. The molecule has 1 aromatic heterocycles. The summed E-state index contributed by atoms with van der Waals surface area (Å²) in [6.07, 6.45) is 1.08. The van der Waals surface area contributed by atoms with Gasteiger partial charge in [0.2, 0.25) is 0 Å². The Kier molecular flexibility index (Phi) is 1.59. The molecule has 0 unspecified atom stereocenters. The van der Waals surface area contributed by atoms with Gasteiger partial charge in [-0.15, -0.1) is 9.90 Å². The van der Waals surface area contributed by atoms with Gasteiger partial charge >= 0.3 is 0 Å². The van der Waals surface area contributed by atoms with E-state index in [0.29, 0.717) is 0 Å². The number of nitrogens with zero attached hydrogens (tertiary/aromatic N) is 3. The molecular weight excluding hydrogens is 157 g/mol. The maximum Gasteiger partial charge on any atom is 0.253 e. The lowest BCUT2D eigenvalue weighted by molar-refractivity contribution is 0.563. The molecule has 0 fully saturated rings. The van der Waals surface area contributed by atoms with Crippen molar-refractivity contribution in [2.75, 3.05) is 0 Å². The Morgan fingerprint density at radius 1 is 1.17 bits per heavy atom. The number of rotatable bonds is 1. The zero-order valence-corrected chi connectivity index (χ0v) is 6.18. The molecule has 60 valence electrons. The predicted octanol–water partition coefficient (Wildman–Crippen LogP) is 1.41. The van der Waals surface area contributed by atoms with Gasteiger partial charge in [0.1, 0.15) is 6.20 Å². The third kappa shape index (κ3) is 1.18. The van der Waals surface area contributed by atoms with Gasteiger partial charge in [0.25, 0.3) is 5.95 Å². The third-order valence-electron chi connectivity index (χ3n) is 1.45. The Morgan fingerprint density at radius 3 is 2.50 bits per heavy atom. The molecule has 4 heteroatoms. The highest BCUT2D eigenvalue weighted by Crippen LogP contribution is 2.02. The van der Waals surface area contributed by atoms with Crippen molar-refractivity contribution in [3.8, 4) is 5.69 Å². The maximum absolute atomic E-state index is 12.4.